The second kappa shape index (κ2) is 6.87. The zero-order valence-corrected chi connectivity index (χ0v) is 15.0. The molecule has 134 valence electrons. The Bertz CT molecular complexity index is 821. The average molecular weight is 349 g/mol. The molecule has 26 heavy (non-hydrogen) atoms. The van der Waals surface area contributed by atoms with E-state index < -0.39 is 0 Å². The molecule has 1 spiro atoms. The predicted molar refractivity (Wildman–Crippen MR) is 102 cm³/mol. The minimum absolute atomic E-state index is 0.227. The van der Waals surface area contributed by atoms with Gasteiger partial charge in [0.25, 0.3) is 0 Å². The van der Waals surface area contributed by atoms with Crippen LogP contribution in [0.4, 0.5) is 4.79 Å². The van der Waals surface area contributed by atoms with Gasteiger partial charge in [0, 0.05) is 31.5 Å². The number of hydrogen-bond acceptors (Lipinski definition) is 3. The Morgan fingerprint density at radius 3 is 2.62 bits per heavy atom. The van der Waals surface area contributed by atoms with Gasteiger partial charge >= 0.3 is 6.09 Å². The Hall–Kier alpha value is -2.75. The minimum Gasteiger partial charge on any atom is -0.482 e. The highest BCUT2D eigenvalue weighted by Gasteiger charge is 2.38. The molecule has 2 aliphatic rings. The van der Waals surface area contributed by atoms with Crippen LogP contribution in [0.25, 0.3) is 17.2 Å². The summed E-state index contributed by atoms with van der Waals surface area (Å²) in [5, 5.41) is 0. The largest absolute Gasteiger partial charge is 0.482 e. The van der Waals surface area contributed by atoms with Crippen molar-refractivity contribution >= 4 is 12.2 Å². The fourth-order valence-corrected chi connectivity index (χ4v) is 3.63. The number of hydrogen-bond donors (Lipinski definition) is 0. The number of benzene rings is 2. The van der Waals surface area contributed by atoms with Gasteiger partial charge in [0.2, 0.25) is 0 Å². The van der Waals surface area contributed by atoms with Gasteiger partial charge in [-0.3, -0.25) is 0 Å². The summed E-state index contributed by atoms with van der Waals surface area (Å²) in [6, 6.07) is 16.7. The second-order valence-electron chi connectivity index (χ2n) is 6.80. The molecule has 2 aliphatic heterocycles. The average Bonchev–Trinajstić information content (AvgIpc) is 2.69. The highest BCUT2D eigenvalue weighted by molar-refractivity contribution is 5.72. The summed E-state index contributed by atoms with van der Waals surface area (Å²) < 4.78 is 11.5. The molecule has 0 radical (unpaired) electrons. The zero-order valence-electron chi connectivity index (χ0n) is 15.0. The lowest BCUT2D eigenvalue weighted by Gasteiger charge is -2.41. The Morgan fingerprint density at radius 1 is 1.12 bits per heavy atom. The third-order valence-electron chi connectivity index (χ3n) is 5.13. The van der Waals surface area contributed by atoms with Crippen LogP contribution >= 0.6 is 0 Å². The van der Waals surface area contributed by atoms with Gasteiger partial charge in [0.05, 0.1) is 6.61 Å². The fraction of sp³-hybridized carbons (Fsp3) is 0.318. The molecule has 1 amide bonds. The third-order valence-corrected chi connectivity index (χ3v) is 5.13. The molecule has 0 aliphatic carbocycles. The molecule has 4 heteroatoms. The second-order valence-corrected chi connectivity index (χ2v) is 6.80. The number of carbonyl (C=O) groups is 1. The van der Waals surface area contributed by atoms with Crippen LogP contribution in [0.15, 0.2) is 54.6 Å². The molecule has 0 N–H and O–H groups in total. The maximum Gasteiger partial charge on any atom is 0.409 e. The first-order valence-corrected chi connectivity index (χ1v) is 9.18. The van der Waals surface area contributed by atoms with Crippen molar-refractivity contribution in [3.63, 3.8) is 0 Å². The first-order valence-electron chi connectivity index (χ1n) is 9.18. The summed E-state index contributed by atoms with van der Waals surface area (Å²) in [6.45, 7) is 3.55. The van der Waals surface area contributed by atoms with E-state index in [-0.39, 0.29) is 11.7 Å². The number of piperidine rings is 1. The van der Waals surface area contributed by atoms with Crippen molar-refractivity contribution in [2.75, 3.05) is 19.7 Å². The summed E-state index contributed by atoms with van der Waals surface area (Å²) in [5.74, 6) is 0.914. The summed E-state index contributed by atoms with van der Waals surface area (Å²) in [5.41, 5.74) is 3.17. The van der Waals surface area contributed by atoms with Crippen molar-refractivity contribution in [2.24, 2.45) is 0 Å². The molecule has 0 atom stereocenters. The van der Waals surface area contributed by atoms with E-state index in [4.69, 9.17) is 9.47 Å². The number of likely N-dealkylation sites (tertiary alicyclic amines) is 1. The van der Waals surface area contributed by atoms with Gasteiger partial charge in [-0.1, -0.05) is 42.5 Å². The topological polar surface area (TPSA) is 38.8 Å². The molecule has 2 aromatic carbocycles. The van der Waals surface area contributed by atoms with Gasteiger partial charge in [-0.05, 0) is 36.3 Å². The fourth-order valence-electron chi connectivity index (χ4n) is 3.63. The van der Waals surface area contributed by atoms with E-state index in [1.807, 2.05) is 25.1 Å². The molecule has 0 unspecified atom stereocenters. The molecule has 2 aromatic rings. The van der Waals surface area contributed by atoms with Crippen LogP contribution in [-0.4, -0.2) is 36.3 Å². The lowest BCUT2D eigenvalue weighted by molar-refractivity contribution is 0.0319. The Balaban J connectivity index is 1.49. The van der Waals surface area contributed by atoms with Gasteiger partial charge < -0.3 is 14.4 Å². The van der Waals surface area contributed by atoms with E-state index in [0.29, 0.717) is 19.7 Å². The van der Waals surface area contributed by atoms with Crippen molar-refractivity contribution in [3.8, 4) is 16.9 Å². The molecule has 2 heterocycles. The first-order chi connectivity index (χ1) is 12.7. The molecular formula is C22H23NO3. The molecule has 0 bridgehead atoms. The lowest BCUT2D eigenvalue weighted by Crippen LogP contribution is -2.49. The van der Waals surface area contributed by atoms with Crippen LogP contribution in [0.1, 0.15) is 25.3 Å². The van der Waals surface area contributed by atoms with E-state index in [9.17, 15) is 4.79 Å². The Kier molecular flexibility index (Phi) is 4.41. The molecule has 4 rings (SSSR count). The van der Waals surface area contributed by atoms with E-state index in [2.05, 4.69) is 42.5 Å². The van der Waals surface area contributed by atoms with E-state index in [1.165, 1.54) is 11.1 Å². The number of carbonyl (C=O) groups excluding carboxylic acids is 1. The molecule has 4 nitrogen and oxygen atoms in total. The van der Waals surface area contributed by atoms with Crippen LogP contribution < -0.4 is 4.74 Å². The van der Waals surface area contributed by atoms with Crippen LogP contribution in [0.3, 0.4) is 0 Å². The Morgan fingerprint density at radius 2 is 1.88 bits per heavy atom. The summed E-state index contributed by atoms with van der Waals surface area (Å²) >= 11 is 0. The molecule has 1 saturated heterocycles. The van der Waals surface area contributed by atoms with Gasteiger partial charge in [-0.25, -0.2) is 4.79 Å². The van der Waals surface area contributed by atoms with Crippen molar-refractivity contribution in [1.82, 2.24) is 4.90 Å². The third kappa shape index (κ3) is 3.19. The van der Waals surface area contributed by atoms with Gasteiger partial charge in [-0.2, -0.15) is 0 Å². The SMILES string of the molecule is CCOC(=O)N1CCC2(C=Cc3cc(-c4ccccc4)ccc3O2)CC1. The monoisotopic (exact) mass is 349 g/mol. The number of amides is 1. The van der Waals surface area contributed by atoms with Gasteiger partial charge in [-0.15, -0.1) is 0 Å². The van der Waals surface area contributed by atoms with E-state index in [0.717, 1.165) is 24.2 Å². The maximum absolute atomic E-state index is 11.9. The van der Waals surface area contributed by atoms with Crippen LogP contribution in [0.5, 0.6) is 5.75 Å². The normalized spacial score (nSPS) is 17.5. The maximum atomic E-state index is 11.9. The predicted octanol–water partition coefficient (Wildman–Crippen LogP) is 4.75. The van der Waals surface area contributed by atoms with E-state index in [1.54, 1.807) is 4.90 Å². The minimum atomic E-state index is -0.315. The van der Waals surface area contributed by atoms with Crippen LogP contribution in [0.2, 0.25) is 0 Å². The smallest absolute Gasteiger partial charge is 0.409 e. The van der Waals surface area contributed by atoms with Gasteiger partial charge in [0.1, 0.15) is 11.4 Å². The van der Waals surface area contributed by atoms with Crippen molar-refractivity contribution in [3.05, 3.63) is 60.2 Å². The standard InChI is InChI=1S/C22H23NO3/c1-2-25-21(24)23-14-12-22(13-15-23)11-10-19-16-18(8-9-20(19)26-22)17-6-4-3-5-7-17/h3-11,16H,2,12-15H2,1H3. The highest BCUT2D eigenvalue weighted by Crippen LogP contribution is 2.38. The zero-order chi connectivity index (χ0) is 18.0. The quantitative estimate of drug-likeness (QED) is 0.785. The summed E-state index contributed by atoms with van der Waals surface area (Å²) in [7, 11) is 0. The van der Waals surface area contributed by atoms with Crippen molar-refractivity contribution in [1.29, 1.82) is 0 Å². The van der Waals surface area contributed by atoms with Crippen molar-refractivity contribution < 1.29 is 14.3 Å². The number of fused-ring (bicyclic) bond motifs is 1. The molecule has 0 aromatic heterocycles. The van der Waals surface area contributed by atoms with Gasteiger partial charge in [0.15, 0.2) is 0 Å². The number of nitrogens with zero attached hydrogens (tertiary/aromatic N) is 1. The van der Waals surface area contributed by atoms with Crippen LogP contribution in [-0.2, 0) is 4.74 Å². The van der Waals surface area contributed by atoms with Crippen LogP contribution in [0, 0.1) is 0 Å². The summed E-state index contributed by atoms with van der Waals surface area (Å²) in [6.07, 6.45) is 5.65. The highest BCUT2D eigenvalue weighted by atomic mass is 16.6. The number of ether oxygens (including phenoxy) is 2. The molecule has 1 fully saturated rings. The van der Waals surface area contributed by atoms with Crippen molar-refractivity contribution in [2.45, 2.75) is 25.4 Å². The molecular weight excluding hydrogens is 326 g/mol. The summed E-state index contributed by atoms with van der Waals surface area (Å²) in [4.78, 5) is 13.6. The lowest BCUT2D eigenvalue weighted by atomic mass is 9.88. The molecule has 0 saturated carbocycles. The first kappa shape index (κ1) is 16.7. The Labute approximate surface area is 154 Å². The number of rotatable bonds is 2. The van der Waals surface area contributed by atoms with E-state index >= 15 is 0 Å².